The number of carbonyl (C=O) groups excluding carboxylic acids is 1. The van der Waals surface area contributed by atoms with Crippen molar-refractivity contribution < 1.29 is 14.7 Å². The highest BCUT2D eigenvalue weighted by atomic mass is 16.4. The molecule has 1 rings (SSSR count). The van der Waals surface area contributed by atoms with Gasteiger partial charge in [-0.05, 0) is 32.6 Å². The molecule has 0 saturated heterocycles. The SMILES string of the molecule is CCC(C)(CC)NC(=O)NC1(C(=O)O)CCCCC1. The van der Waals surface area contributed by atoms with Crippen LogP contribution in [0, 0.1) is 0 Å². The van der Waals surface area contributed by atoms with Gasteiger partial charge >= 0.3 is 12.0 Å². The largest absolute Gasteiger partial charge is 0.480 e. The van der Waals surface area contributed by atoms with E-state index in [-0.39, 0.29) is 11.6 Å². The zero-order chi connectivity index (χ0) is 14.5. The standard InChI is InChI=1S/C14H26N2O3/c1-4-13(3,5-2)15-12(19)16-14(11(17)18)9-7-6-8-10-14/h4-10H2,1-3H3,(H,17,18)(H2,15,16,19). The Balaban J connectivity index is 2.70. The minimum absolute atomic E-state index is 0.279. The molecule has 0 aromatic heterocycles. The Hall–Kier alpha value is -1.26. The van der Waals surface area contributed by atoms with Crippen molar-refractivity contribution in [1.29, 1.82) is 0 Å². The highest BCUT2D eigenvalue weighted by Crippen LogP contribution is 2.28. The summed E-state index contributed by atoms with van der Waals surface area (Å²) < 4.78 is 0. The van der Waals surface area contributed by atoms with E-state index in [1.165, 1.54) is 0 Å². The third-order valence-electron chi connectivity index (χ3n) is 4.45. The second-order valence-corrected chi connectivity index (χ2v) is 5.79. The Labute approximate surface area is 115 Å². The second kappa shape index (κ2) is 6.26. The molecule has 0 radical (unpaired) electrons. The third-order valence-corrected chi connectivity index (χ3v) is 4.45. The summed E-state index contributed by atoms with van der Waals surface area (Å²) in [5.41, 5.74) is -1.36. The fourth-order valence-electron chi connectivity index (χ4n) is 2.50. The number of carboxylic acids is 1. The Morgan fingerprint density at radius 1 is 1.16 bits per heavy atom. The summed E-state index contributed by atoms with van der Waals surface area (Å²) in [5.74, 6) is -0.919. The summed E-state index contributed by atoms with van der Waals surface area (Å²) >= 11 is 0. The van der Waals surface area contributed by atoms with Crippen molar-refractivity contribution in [3.8, 4) is 0 Å². The summed E-state index contributed by atoms with van der Waals surface area (Å²) in [6, 6.07) is -0.365. The summed E-state index contributed by atoms with van der Waals surface area (Å²) in [5, 5.41) is 15.0. The highest BCUT2D eigenvalue weighted by Gasteiger charge is 2.41. The smallest absolute Gasteiger partial charge is 0.329 e. The number of hydrogen-bond donors (Lipinski definition) is 3. The number of hydrogen-bond acceptors (Lipinski definition) is 2. The minimum atomic E-state index is -1.08. The molecule has 0 aromatic rings. The van der Waals surface area contributed by atoms with Crippen molar-refractivity contribution in [2.24, 2.45) is 0 Å². The van der Waals surface area contributed by atoms with Crippen LogP contribution in [-0.2, 0) is 4.79 Å². The van der Waals surface area contributed by atoms with Gasteiger partial charge in [-0.2, -0.15) is 0 Å². The lowest BCUT2D eigenvalue weighted by Crippen LogP contribution is -2.61. The number of rotatable bonds is 5. The first-order chi connectivity index (χ1) is 8.87. The molecule has 19 heavy (non-hydrogen) atoms. The zero-order valence-corrected chi connectivity index (χ0v) is 12.2. The molecule has 5 nitrogen and oxygen atoms in total. The maximum atomic E-state index is 12.1. The molecule has 0 aliphatic heterocycles. The predicted molar refractivity (Wildman–Crippen MR) is 74.1 cm³/mol. The first-order valence-electron chi connectivity index (χ1n) is 7.21. The van der Waals surface area contributed by atoms with Crippen molar-refractivity contribution in [3.05, 3.63) is 0 Å². The molecule has 0 heterocycles. The molecular weight excluding hydrogens is 244 g/mol. The van der Waals surface area contributed by atoms with Crippen molar-refractivity contribution >= 4 is 12.0 Å². The average Bonchev–Trinajstić information content (AvgIpc) is 2.39. The van der Waals surface area contributed by atoms with Crippen LogP contribution in [0.15, 0.2) is 0 Å². The van der Waals surface area contributed by atoms with Crippen LogP contribution in [0.2, 0.25) is 0 Å². The first kappa shape index (κ1) is 15.8. The van der Waals surface area contributed by atoms with Crippen molar-refractivity contribution in [3.63, 3.8) is 0 Å². The van der Waals surface area contributed by atoms with Gasteiger partial charge in [0, 0.05) is 5.54 Å². The maximum absolute atomic E-state index is 12.1. The number of aliphatic carboxylic acids is 1. The fraction of sp³-hybridized carbons (Fsp3) is 0.857. The Morgan fingerprint density at radius 2 is 1.68 bits per heavy atom. The number of carboxylic acid groups (broad SMARTS) is 1. The molecule has 5 heteroatoms. The van der Waals surface area contributed by atoms with Gasteiger partial charge in [0.2, 0.25) is 0 Å². The Morgan fingerprint density at radius 3 is 2.11 bits per heavy atom. The molecule has 0 bridgehead atoms. The van der Waals surface area contributed by atoms with E-state index in [4.69, 9.17) is 0 Å². The lowest BCUT2D eigenvalue weighted by atomic mass is 9.82. The number of carbonyl (C=O) groups is 2. The van der Waals surface area contributed by atoms with Gasteiger partial charge in [-0.3, -0.25) is 0 Å². The van der Waals surface area contributed by atoms with Gasteiger partial charge in [0.05, 0.1) is 0 Å². The number of nitrogens with one attached hydrogen (secondary N) is 2. The molecule has 110 valence electrons. The summed E-state index contributed by atoms with van der Waals surface area (Å²) in [7, 11) is 0. The van der Waals surface area contributed by atoms with Gasteiger partial charge in [-0.25, -0.2) is 9.59 Å². The van der Waals surface area contributed by atoms with Crippen LogP contribution in [0.25, 0.3) is 0 Å². The second-order valence-electron chi connectivity index (χ2n) is 5.79. The van der Waals surface area contributed by atoms with Crippen LogP contribution >= 0.6 is 0 Å². The van der Waals surface area contributed by atoms with Gasteiger partial charge in [0.1, 0.15) is 5.54 Å². The zero-order valence-electron chi connectivity index (χ0n) is 12.2. The van der Waals surface area contributed by atoms with Crippen LogP contribution in [-0.4, -0.2) is 28.2 Å². The lowest BCUT2D eigenvalue weighted by Gasteiger charge is -2.36. The average molecular weight is 270 g/mol. The van der Waals surface area contributed by atoms with E-state index < -0.39 is 11.5 Å². The molecule has 0 aromatic carbocycles. The fourth-order valence-corrected chi connectivity index (χ4v) is 2.50. The quantitative estimate of drug-likeness (QED) is 0.718. The molecule has 1 saturated carbocycles. The predicted octanol–water partition coefficient (Wildman–Crippen LogP) is 2.65. The molecule has 1 aliphatic carbocycles. The summed E-state index contributed by atoms with van der Waals surface area (Å²) in [4.78, 5) is 23.5. The topological polar surface area (TPSA) is 78.4 Å². The van der Waals surface area contributed by atoms with Crippen LogP contribution in [0.3, 0.4) is 0 Å². The molecule has 0 atom stereocenters. The van der Waals surface area contributed by atoms with Crippen molar-refractivity contribution in [1.82, 2.24) is 10.6 Å². The maximum Gasteiger partial charge on any atom is 0.329 e. The van der Waals surface area contributed by atoms with E-state index in [1.807, 2.05) is 20.8 Å². The van der Waals surface area contributed by atoms with Crippen LogP contribution < -0.4 is 10.6 Å². The highest BCUT2D eigenvalue weighted by molar-refractivity contribution is 5.86. The van der Waals surface area contributed by atoms with Crippen molar-refractivity contribution in [2.45, 2.75) is 76.8 Å². The van der Waals surface area contributed by atoms with E-state index in [9.17, 15) is 14.7 Å². The van der Waals surface area contributed by atoms with Crippen LogP contribution in [0.1, 0.15) is 65.7 Å². The van der Waals surface area contributed by atoms with Gasteiger partial charge < -0.3 is 15.7 Å². The molecular formula is C14H26N2O3. The van der Waals surface area contributed by atoms with E-state index in [0.29, 0.717) is 12.8 Å². The van der Waals surface area contributed by atoms with Gasteiger partial charge in [0.25, 0.3) is 0 Å². The van der Waals surface area contributed by atoms with Gasteiger partial charge in [-0.1, -0.05) is 33.1 Å². The first-order valence-corrected chi connectivity index (χ1v) is 7.21. The monoisotopic (exact) mass is 270 g/mol. The van der Waals surface area contributed by atoms with E-state index in [0.717, 1.165) is 32.1 Å². The van der Waals surface area contributed by atoms with E-state index >= 15 is 0 Å². The van der Waals surface area contributed by atoms with E-state index in [1.54, 1.807) is 0 Å². The molecule has 1 fully saturated rings. The third kappa shape index (κ3) is 3.85. The van der Waals surface area contributed by atoms with Crippen molar-refractivity contribution in [2.75, 3.05) is 0 Å². The molecule has 1 aliphatic rings. The minimum Gasteiger partial charge on any atom is -0.480 e. The number of urea groups is 1. The van der Waals surface area contributed by atoms with E-state index in [2.05, 4.69) is 10.6 Å². The van der Waals surface area contributed by atoms with Crippen LogP contribution in [0.5, 0.6) is 0 Å². The van der Waals surface area contributed by atoms with Gasteiger partial charge in [-0.15, -0.1) is 0 Å². The molecule has 0 spiro atoms. The summed E-state index contributed by atoms with van der Waals surface area (Å²) in [6.07, 6.45) is 5.42. The Bertz CT molecular complexity index is 332. The summed E-state index contributed by atoms with van der Waals surface area (Å²) in [6.45, 7) is 6.00. The van der Waals surface area contributed by atoms with Crippen LogP contribution in [0.4, 0.5) is 4.79 Å². The number of amides is 2. The Kier molecular flexibility index (Phi) is 5.20. The molecule has 0 unspecified atom stereocenters. The molecule has 3 N–H and O–H groups in total. The normalized spacial score (nSPS) is 18.7. The lowest BCUT2D eigenvalue weighted by molar-refractivity contribution is -0.145. The van der Waals surface area contributed by atoms with Gasteiger partial charge in [0.15, 0.2) is 0 Å². The molecule has 2 amide bonds.